The van der Waals surface area contributed by atoms with Crippen LogP contribution in [0.25, 0.3) is 0 Å². The fourth-order valence-corrected chi connectivity index (χ4v) is 3.14. The molecule has 0 aliphatic heterocycles. The molecule has 1 aromatic heterocycles. The molecule has 0 saturated heterocycles. The number of thiazole rings is 1. The van der Waals surface area contributed by atoms with Gasteiger partial charge in [0, 0.05) is 11.1 Å². The van der Waals surface area contributed by atoms with Crippen LogP contribution in [0.4, 0.5) is 9.52 Å². The van der Waals surface area contributed by atoms with Crippen LogP contribution < -0.4 is 11.1 Å². The highest BCUT2D eigenvalue weighted by Gasteiger charge is 2.08. The summed E-state index contributed by atoms with van der Waals surface area (Å²) < 4.78 is 12.8. The number of carbonyl (C=O) groups is 2. The van der Waals surface area contributed by atoms with Crippen molar-refractivity contribution in [3.05, 3.63) is 46.7 Å². The van der Waals surface area contributed by atoms with E-state index in [-0.39, 0.29) is 23.9 Å². The van der Waals surface area contributed by atoms with E-state index in [1.54, 1.807) is 17.5 Å². The van der Waals surface area contributed by atoms with Crippen LogP contribution >= 0.6 is 23.1 Å². The summed E-state index contributed by atoms with van der Waals surface area (Å²) in [5, 5.41) is 4.80. The molecule has 1 aromatic carbocycles. The van der Waals surface area contributed by atoms with Gasteiger partial charge in [0.1, 0.15) is 5.82 Å². The zero-order valence-corrected chi connectivity index (χ0v) is 13.2. The van der Waals surface area contributed by atoms with Gasteiger partial charge in [-0.1, -0.05) is 12.1 Å². The molecule has 8 heteroatoms. The number of rotatable bonds is 7. The van der Waals surface area contributed by atoms with Crippen LogP contribution in [0.15, 0.2) is 29.6 Å². The molecule has 0 atom stereocenters. The van der Waals surface area contributed by atoms with E-state index in [1.807, 2.05) is 0 Å². The number of hydrogen-bond acceptors (Lipinski definition) is 5. The first-order valence-corrected chi connectivity index (χ1v) is 8.41. The zero-order valence-electron chi connectivity index (χ0n) is 11.5. The zero-order chi connectivity index (χ0) is 15.9. The Labute approximate surface area is 135 Å². The predicted octanol–water partition coefficient (Wildman–Crippen LogP) is 2.18. The lowest BCUT2D eigenvalue weighted by molar-refractivity contribution is -0.117. The number of thioether (sulfide) groups is 1. The number of aromatic nitrogens is 1. The number of nitrogens with two attached hydrogens (primary N) is 1. The third-order valence-corrected chi connectivity index (χ3v) is 4.38. The number of nitrogens with zero attached hydrogens (tertiary/aromatic N) is 1. The Morgan fingerprint density at radius 2 is 2.05 bits per heavy atom. The van der Waals surface area contributed by atoms with E-state index < -0.39 is 5.91 Å². The summed E-state index contributed by atoms with van der Waals surface area (Å²) in [5.41, 5.74) is 6.58. The monoisotopic (exact) mass is 339 g/mol. The van der Waals surface area contributed by atoms with Crippen molar-refractivity contribution in [3.8, 4) is 0 Å². The maximum absolute atomic E-state index is 12.8. The van der Waals surface area contributed by atoms with E-state index in [1.165, 1.54) is 35.2 Å². The van der Waals surface area contributed by atoms with Crippen LogP contribution in [0, 0.1) is 5.82 Å². The summed E-state index contributed by atoms with van der Waals surface area (Å²) in [5.74, 6) is -0.0206. The summed E-state index contributed by atoms with van der Waals surface area (Å²) in [6.45, 7) is 0. The first-order chi connectivity index (χ1) is 10.5. The molecule has 1 heterocycles. The van der Waals surface area contributed by atoms with E-state index in [4.69, 9.17) is 5.73 Å². The van der Waals surface area contributed by atoms with Crippen LogP contribution in [-0.4, -0.2) is 22.6 Å². The second-order valence-electron chi connectivity index (χ2n) is 4.45. The lowest BCUT2D eigenvalue weighted by Gasteiger charge is -2.02. The molecule has 0 saturated carbocycles. The summed E-state index contributed by atoms with van der Waals surface area (Å²) in [6, 6.07) is 6.17. The fourth-order valence-electron chi connectivity index (χ4n) is 1.62. The fraction of sp³-hybridized carbons (Fsp3) is 0.214. The van der Waals surface area contributed by atoms with Gasteiger partial charge >= 0.3 is 0 Å². The van der Waals surface area contributed by atoms with E-state index in [0.29, 0.717) is 16.6 Å². The highest BCUT2D eigenvalue weighted by molar-refractivity contribution is 7.99. The highest BCUT2D eigenvalue weighted by atomic mass is 32.2. The Morgan fingerprint density at radius 1 is 1.32 bits per heavy atom. The normalized spacial score (nSPS) is 10.4. The van der Waals surface area contributed by atoms with Crippen molar-refractivity contribution < 1.29 is 14.0 Å². The smallest absolute Gasteiger partial charge is 0.236 e. The molecule has 0 spiro atoms. The van der Waals surface area contributed by atoms with Gasteiger partial charge in [-0.15, -0.1) is 23.1 Å². The molecule has 2 amide bonds. The van der Waals surface area contributed by atoms with Crippen molar-refractivity contribution in [2.24, 2.45) is 5.73 Å². The molecule has 2 rings (SSSR count). The third kappa shape index (κ3) is 5.45. The summed E-state index contributed by atoms with van der Waals surface area (Å²) in [6.07, 6.45) is 0.0612. The van der Waals surface area contributed by atoms with Gasteiger partial charge in [0.15, 0.2) is 5.13 Å². The Morgan fingerprint density at radius 3 is 2.73 bits per heavy atom. The molecule has 0 aliphatic rings. The molecule has 0 radical (unpaired) electrons. The Kier molecular flexibility index (Phi) is 5.91. The Hall–Kier alpha value is -1.93. The number of amides is 2. The van der Waals surface area contributed by atoms with Gasteiger partial charge in [-0.05, 0) is 17.7 Å². The molecule has 3 N–H and O–H groups in total. The minimum atomic E-state index is -0.460. The van der Waals surface area contributed by atoms with E-state index >= 15 is 0 Å². The van der Waals surface area contributed by atoms with Gasteiger partial charge in [0.25, 0.3) is 0 Å². The number of primary amides is 1. The summed E-state index contributed by atoms with van der Waals surface area (Å²) in [7, 11) is 0. The van der Waals surface area contributed by atoms with Crippen LogP contribution in [0.5, 0.6) is 0 Å². The Balaban J connectivity index is 1.74. The van der Waals surface area contributed by atoms with Crippen LogP contribution in [0.1, 0.15) is 11.3 Å². The molecule has 0 aliphatic carbocycles. The maximum Gasteiger partial charge on any atom is 0.236 e. The Bertz CT molecular complexity index is 658. The molecular formula is C14H14FN3O2S2. The average Bonchev–Trinajstić information content (AvgIpc) is 2.87. The molecule has 0 unspecified atom stereocenters. The minimum Gasteiger partial charge on any atom is -0.369 e. The van der Waals surface area contributed by atoms with Crippen molar-refractivity contribution in [2.45, 2.75) is 12.2 Å². The third-order valence-electron chi connectivity index (χ3n) is 2.57. The lowest BCUT2D eigenvalue weighted by Crippen LogP contribution is -2.15. The molecule has 116 valence electrons. The molecule has 5 nitrogen and oxygen atoms in total. The molecule has 22 heavy (non-hydrogen) atoms. The number of benzene rings is 1. The van der Waals surface area contributed by atoms with Crippen molar-refractivity contribution in [1.82, 2.24) is 4.98 Å². The largest absolute Gasteiger partial charge is 0.369 e. The molecule has 0 bridgehead atoms. The molecule has 2 aromatic rings. The van der Waals surface area contributed by atoms with Gasteiger partial charge < -0.3 is 11.1 Å². The second kappa shape index (κ2) is 7.90. The number of carbonyl (C=O) groups excluding carboxylic acids is 2. The van der Waals surface area contributed by atoms with Crippen molar-refractivity contribution in [1.29, 1.82) is 0 Å². The second-order valence-corrected chi connectivity index (χ2v) is 6.30. The molecule has 0 fully saturated rings. The topological polar surface area (TPSA) is 85.1 Å². The first kappa shape index (κ1) is 16.4. The lowest BCUT2D eigenvalue weighted by atomic mass is 10.2. The molecular weight excluding hydrogens is 325 g/mol. The van der Waals surface area contributed by atoms with Crippen LogP contribution in [0.3, 0.4) is 0 Å². The van der Waals surface area contributed by atoms with Gasteiger partial charge in [-0.25, -0.2) is 9.37 Å². The van der Waals surface area contributed by atoms with E-state index in [0.717, 1.165) is 5.56 Å². The first-order valence-electron chi connectivity index (χ1n) is 6.37. The maximum atomic E-state index is 12.8. The summed E-state index contributed by atoms with van der Waals surface area (Å²) >= 11 is 2.67. The van der Waals surface area contributed by atoms with Crippen LogP contribution in [-0.2, 0) is 21.8 Å². The number of halogens is 1. The number of anilines is 1. The quantitative estimate of drug-likeness (QED) is 0.810. The van der Waals surface area contributed by atoms with Crippen molar-refractivity contribution >= 4 is 40.0 Å². The van der Waals surface area contributed by atoms with Gasteiger partial charge in [0.2, 0.25) is 11.8 Å². The van der Waals surface area contributed by atoms with Crippen molar-refractivity contribution in [3.63, 3.8) is 0 Å². The minimum absolute atomic E-state index is 0.0612. The predicted molar refractivity (Wildman–Crippen MR) is 86.2 cm³/mol. The van der Waals surface area contributed by atoms with Crippen LogP contribution in [0.2, 0.25) is 0 Å². The van der Waals surface area contributed by atoms with Gasteiger partial charge in [-0.3, -0.25) is 9.59 Å². The van der Waals surface area contributed by atoms with E-state index in [9.17, 15) is 14.0 Å². The van der Waals surface area contributed by atoms with Gasteiger partial charge in [0.05, 0.1) is 17.9 Å². The number of hydrogen-bond donors (Lipinski definition) is 2. The van der Waals surface area contributed by atoms with E-state index in [2.05, 4.69) is 10.3 Å². The summed E-state index contributed by atoms with van der Waals surface area (Å²) in [4.78, 5) is 26.6. The van der Waals surface area contributed by atoms with Gasteiger partial charge in [-0.2, -0.15) is 0 Å². The standard InChI is InChI=1S/C14H14FN3O2S2/c15-10-3-1-9(2-4-10)6-21-8-13(20)18-14-17-11(7-22-14)5-12(16)19/h1-4,7H,5-6,8H2,(H2,16,19)(H,17,18,20). The SMILES string of the molecule is NC(=O)Cc1csc(NC(=O)CSCc2ccc(F)cc2)n1. The number of nitrogens with one attached hydrogen (secondary N) is 1. The highest BCUT2D eigenvalue weighted by Crippen LogP contribution is 2.17. The average molecular weight is 339 g/mol. The van der Waals surface area contributed by atoms with Crippen molar-refractivity contribution in [2.75, 3.05) is 11.1 Å².